The van der Waals surface area contributed by atoms with Crippen LogP contribution in [0.15, 0.2) is 91.0 Å². The topological polar surface area (TPSA) is 0 Å². The first-order valence-electron chi connectivity index (χ1n) is 5.73. The maximum Gasteiger partial charge on any atom is 3.00 e. The molecule has 0 saturated heterocycles. The van der Waals surface area contributed by atoms with Gasteiger partial charge in [-0.05, 0) is 0 Å². The largest absolute Gasteiger partial charge is 3.00 e. The van der Waals surface area contributed by atoms with E-state index in [-0.39, 0.29) is 69.5 Å². The fraction of sp³-hybridized carbons (Fsp3) is 0. The standard InChI is InChI=1S/3C6H5.Au.3ClH.H3P/c3*1-2-4-6-5-3-1;;;;;/h3*1-5H;;3*1H;1H3/q3*-1;+3;;;;/p-3. The molecule has 0 spiro atoms. The minimum atomic E-state index is 0. The van der Waals surface area contributed by atoms with Gasteiger partial charge in [0, 0.05) is 0 Å². The number of benzene rings is 3. The van der Waals surface area contributed by atoms with Gasteiger partial charge in [-0.25, -0.2) is 0 Å². The molecule has 0 saturated carbocycles. The van der Waals surface area contributed by atoms with Gasteiger partial charge in [0.1, 0.15) is 0 Å². The van der Waals surface area contributed by atoms with E-state index in [1.54, 1.807) is 0 Å². The van der Waals surface area contributed by atoms with Crippen LogP contribution in [0.1, 0.15) is 0 Å². The Balaban J connectivity index is -0.0000000635. The molecule has 0 aliphatic rings. The molecule has 23 heavy (non-hydrogen) atoms. The van der Waals surface area contributed by atoms with Crippen LogP contribution >= 0.6 is 9.90 Å². The van der Waals surface area contributed by atoms with Crippen LogP contribution in [-0.4, -0.2) is 0 Å². The molecule has 1 atom stereocenters. The summed E-state index contributed by atoms with van der Waals surface area (Å²) in [5, 5.41) is 0. The van der Waals surface area contributed by atoms with Crippen LogP contribution in [0.5, 0.6) is 0 Å². The number of hydrogen-bond donors (Lipinski definition) is 0. The minimum Gasteiger partial charge on any atom is -1.00 e. The monoisotopic (exact) mass is 567 g/mol. The molecule has 0 bridgehead atoms. The maximum atomic E-state index is 2.89. The first-order chi connectivity index (χ1) is 9.00. The predicted molar refractivity (Wildman–Crippen MR) is 86.9 cm³/mol. The predicted octanol–water partition coefficient (Wildman–Crippen LogP) is -4.47. The Morgan fingerprint density at radius 2 is 0.522 bits per heavy atom. The van der Waals surface area contributed by atoms with Crippen molar-refractivity contribution in [3.05, 3.63) is 109 Å². The van der Waals surface area contributed by atoms with Crippen molar-refractivity contribution >= 4 is 9.90 Å². The van der Waals surface area contributed by atoms with E-state index >= 15 is 0 Å². The molecule has 3 aromatic rings. The van der Waals surface area contributed by atoms with Crippen molar-refractivity contribution in [3.8, 4) is 0 Å². The summed E-state index contributed by atoms with van der Waals surface area (Å²) in [6.45, 7) is 0. The molecule has 0 N–H and O–H groups in total. The van der Waals surface area contributed by atoms with E-state index in [0.717, 1.165) is 0 Å². The smallest absolute Gasteiger partial charge is 1.00 e. The Labute approximate surface area is 177 Å². The molecular formula is C18H18AuCl3P-3. The van der Waals surface area contributed by atoms with Crippen molar-refractivity contribution in [3.63, 3.8) is 0 Å². The fourth-order valence-corrected chi connectivity index (χ4v) is 1.03. The van der Waals surface area contributed by atoms with Gasteiger partial charge in [-0.2, -0.15) is 119 Å². The zero-order valence-electron chi connectivity index (χ0n) is 12.3. The van der Waals surface area contributed by atoms with E-state index in [9.17, 15) is 0 Å². The third kappa shape index (κ3) is 26.9. The summed E-state index contributed by atoms with van der Waals surface area (Å²) in [5.41, 5.74) is 0. The molecule has 0 amide bonds. The molecule has 0 fully saturated rings. The van der Waals surface area contributed by atoms with Crippen molar-refractivity contribution < 1.29 is 59.6 Å². The second-order valence-corrected chi connectivity index (χ2v) is 3.23. The quantitative estimate of drug-likeness (QED) is 0.146. The average molecular weight is 569 g/mol. The van der Waals surface area contributed by atoms with E-state index in [4.69, 9.17) is 0 Å². The summed E-state index contributed by atoms with van der Waals surface area (Å²) >= 11 is 0. The molecule has 0 aromatic heterocycles. The van der Waals surface area contributed by atoms with Gasteiger partial charge in [0.05, 0.1) is 0 Å². The summed E-state index contributed by atoms with van der Waals surface area (Å²) in [7, 11) is 0. The summed E-state index contributed by atoms with van der Waals surface area (Å²) in [5.74, 6) is 0. The van der Waals surface area contributed by atoms with Crippen molar-refractivity contribution in [2.45, 2.75) is 0 Å². The van der Waals surface area contributed by atoms with Gasteiger partial charge in [0.2, 0.25) is 0 Å². The van der Waals surface area contributed by atoms with E-state index in [1.807, 2.05) is 91.0 Å². The SMILES string of the molecule is P.[Au+3].[Cl-].[Cl-].[Cl-].[c-]1ccccc1.[c-]1ccccc1.[c-]1ccccc1. The summed E-state index contributed by atoms with van der Waals surface area (Å²) in [6.07, 6.45) is 0. The fourth-order valence-electron chi connectivity index (χ4n) is 1.03. The molecule has 0 aliphatic carbocycles. The molecule has 5 heteroatoms. The Hall–Kier alpha value is -0.300. The van der Waals surface area contributed by atoms with Gasteiger partial charge in [-0.1, -0.05) is 0 Å². The van der Waals surface area contributed by atoms with Crippen LogP contribution in [0.3, 0.4) is 0 Å². The molecule has 0 heterocycles. The van der Waals surface area contributed by atoms with Crippen molar-refractivity contribution in [1.29, 1.82) is 0 Å². The van der Waals surface area contributed by atoms with E-state index in [1.165, 1.54) is 0 Å². The molecule has 3 aromatic carbocycles. The van der Waals surface area contributed by atoms with Crippen LogP contribution in [-0.2, 0) is 22.4 Å². The molecular weight excluding hydrogens is 550 g/mol. The van der Waals surface area contributed by atoms with Gasteiger partial charge in [-0.3, -0.25) is 0 Å². The van der Waals surface area contributed by atoms with Gasteiger partial charge >= 0.3 is 22.4 Å². The van der Waals surface area contributed by atoms with Crippen LogP contribution in [0.2, 0.25) is 0 Å². The zero-order chi connectivity index (χ0) is 12.7. The van der Waals surface area contributed by atoms with Crippen molar-refractivity contribution in [1.82, 2.24) is 0 Å². The summed E-state index contributed by atoms with van der Waals surface area (Å²) in [4.78, 5) is 0. The van der Waals surface area contributed by atoms with E-state index in [0.29, 0.717) is 0 Å². The van der Waals surface area contributed by atoms with E-state index in [2.05, 4.69) is 18.2 Å². The average Bonchev–Trinajstić information content (AvgIpc) is 2.54. The van der Waals surface area contributed by atoms with Crippen LogP contribution in [0, 0.1) is 18.2 Å². The number of halogens is 3. The molecule has 130 valence electrons. The van der Waals surface area contributed by atoms with Crippen molar-refractivity contribution in [2.75, 3.05) is 0 Å². The Bertz CT molecular complexity index is 315. The third-order valence-electron chi connectivity index (χ3n) is 1.82. The third-order valence-corrected chi connectivity index (χ3v) is 1.82. The number of rotatable bonds is 0. The van der Waals surface area contributed by atoms with Crippen molar-refractivity contribution in [2.24, 2.45) is 0 Å². The molecule has 3 rings (SSSR count). The Morgan fingerprint density at radius 1 is 0.348 bits per heavy atom. The van der Waals surface area contributed by atoms with Gasteiger partial charge in [-0.15, -0.1) is 0 Å². The second-order valence-electron chi connectivity index (χ2n) is 3.23. The van der Waals surface area contributed by atoms with E-state index < -0.39 is 0 Å². The minimum absolute atomic E-state index is 0. The van der Waals surface area contributed by atoms with Gasteiger partial charge in [0.15, 0.2) is 0 Å². The zero-order valence-corrected chi connectivity index (χ0v) is 18.2. The first-order valence-corrected chi connectivity index (χ1v) is 5.73. The van der Waals surface area contributed by atoms with Gasteiger partial charge in [0.25, 0.3) is 0 Å². The van der Waals surface area contributed by atoms with Gasteiger partial charge < -0.3 is 37.2 Å². The van der Waals surface area contributed by atoms with Crippen LogP contribution in [0.4, 0.5) is 0 Å². The maximum absolute atomic E-state index is 2.89. The normalized spacial score (nSPS) is 6.26. The molecule has 0 aliphatic heterocycles. The molecule has 0 nitrogen and oxygen atoms in total. The summed E-state index contributed by atoms with van der Waals surface area (Å²) < 4.78 is 0. The summed E-state index contributed by atoms with van der Waals surface area (Å²) in [6, 6.07) is 37.5. The first kappa shape index (κ1) is 34.1. The Kier molecular flexibility index (Phi) is 44.0. The molecule has 0 radical (unpaired) electrons. The van der Waals surface area contributed by atoms with Crippen LogP contribution in [0.25, 0.3) is 0 Å². The van der Waals surface area contributed by atoms with Crippen LogP contribution < -0.4 is 37.2 Å². The molecule has 1 unspecified atom stereocenters. The Morgan fingerprint density at radius 3 is 0.565 bits per heavy atom. The second kappa shape index (κ2) is 29.7. The number of hydrogen-bond acceptors (Lipinski definition) is 0.